The highest BCUT2D eigenvalue weighted by Gasteiger charge is 2.19. The standard InChI is InChI=1S/C20H31N3O2/c1-16(2)22-10-12-23(13-11-22)18-8-6-17(7-9-18)20(24)21-15-19-5-3-4-14-25-19/h6-9,16,19H,3-5,10-15H2,1-2H3,(H,21,24). The van der Waals surface area contributed by atoms with E-state index in [1.54, 1.807) is 0 Å². The Kier molecular flexibility index (Phi) is 6.32. The number of nitrogens with zero attached hydrogens (tertiary/aromatic N) is 2. The van der Waals surface area contributed by atoms with Crippen LogP contribution in [0.5, 0.6) is 0 Å². The van der Waals surface area contributed by atoms with Crippen LogP contribution < -0.4 is 10.2 Å². The summed E-state index contributed by atoms with van der Waals surface area (Å²) < 4.78 is 5.66. The molecule has 1 N–H and O–H groups in total. The van der Waals surface area contributed by atoms with Crippen LogP contribution in [0.4, 0.5) is 5.69 Å². The van der Waals surface area contributed by atoms with Crippen molar-refractivity contribution < 1.29 is 9.53 Å². The second-order valence-corrected chi connectivity index (χ2v) is 7.36. The van der Waals surface area contributed by atoms with Gasteiger partial charge in [-0.2, -0.15) is 0 Å². The van der Waals surface area contributed by atoms with Gasteiger partial charge in [-0.15, -0.1) is 0 Å². The molecule has 2 fully saturated rings. The Morgan fingerprint density at radius 3 is 2.48 bits per heavy atom. The molecule has 2 aliphatic rings. The lowest BCUT2D eigenvalue weighted by Crippen LogP contribution is -2.48. The molecule has 3 rings (SSSR count). The molecular weight excluding hydrogens is 314 g/mol. The largest absolute Gasteiger partial charge is 0.376 e. The van der Waals surface area contributed by atoms with Crippen LogP contribution in [0.25, 0.3) is 0 Å². The van der Waals surface area contributed by atoms with Crippen LogP contribution in [-0.2, 0) is 4.74 Å². The molecule has 2 aliphatic heterocycles. The Hall–Kier alpha value is -1.59. The molecule has 2 saturated heterocycles. The highest BCUT2D eigenvalue weighted by atomic mass is 16.5. The van der Waals surface area contributed by atoms with Gasteiger partial charge in [-0.25, -0.2) is 0 Å². The third-order valence-corrected chi connectivity index (χ3v) is 5.30. The van der Waals surface area contributed by atoms with Crippen LogP contribution in [0.2, 0.25) is 0 Å². The van der Waals surface area contributed by atoms with Crippen LogP contribution >= 0.6 is 0 Å². The van der Waals surface area contributed by atoms with Crippen molar-refractivity contribution in [2.75, 3.05) is 44.2 Å². The summed E-state index contributed by atoms with van der Waals surface area (Å²) in [6, 6.07) is 8.61. The number of piperazine rings is 1. The van der Waals surface area contributed by atoms with E-state index in [2.05, 4.69) is 41.1 Å². The molecule has 0 bridgehead atoms. The van der Waals surface area contributed by atoms with Crippen LogP contribution in [0.3, 0.4) is 0 Å². The fraction of sp³-hybridized carbons (Fsp3) is 0.650. The zero-order chi connectivity index (χ0) is 17.6. The SMILES string of the molecule is CC(C)N1CCN(c2ccc(C(=O)NCC3CCCCO3)cc2)CC1. The molecule has 0 aliphatic carbocycles. The van der Waals surface area contributed by atoms with Gasteiger partial charge in [-0.3, -0.25) is 9.69 Å². The van der Waals surface area contributed by atoms with E-state index in [0.717, 1.165) is 51.2 Å². The fourth-order valence-electron chi connectivity index (χ4n) is 3.60. The zero-order valence-electron chi connectivity index (χ0n) is 15.5. The molecule has 5 heteroatoms. The fourth-order valence-corrected chi connectivity index (χ4v) is 3.60. The smallest absolute Gasteiger partial charge is 0.251 e. The number of carbonyl (C=O) groups excluding carboxylic acids is 1. The number of nitrogens with one attached hydrogen (secondary N) is 1. The second-order valence-electron chi connectivity index (χ2n) is 7.36. The van der Waals surface area contributed by atoms with Gasteiger partial charge in [0.2, 0.25) is 0 Å². The molecule has 0 radical (unpaired) electrons. The predicted molar refractivity (Wildman–Crippen MR) is 101 cm³/mol. The van der Waals surface area contributed by atoms with Crippen LogP contribution in [0, 0.1) is 0 Å². The van der Waals surface area contributed by atoms with Crippen molar-refractivity contribution in [2.45, 2.75) is 45.3 Å². The summed E-state index contributed by atoms with van der Waals surface area (Å²) in [5, 5.41) is 3.00. The average molecular weight is 345 g/mol. The third-order valence-electron chi connectivity index (χ3n) is 5.30. The van der Waals surface area contributed by atoms with Gasteiger partial charge in [-0.05, 0) is 57.4 Å². The summed E-state index contributed by atoms with van der Waals surface area (Å²) >= 11 is 0. The Morgan fingerprint density at radius 1 is 1.16 bits per heavy atom. The molecule has 0 saturated carbocycles. The minimum atomic E-state index is -0.00893. The summed E-state index contributed by atoms with van der Waals surface area (Å²) in [5.74, 6) is -0.00893. The number of rotatable bonds is 5. The van der Waals surface area contributed by atoms with Gasteiger partial charge in [0, 0.05) is 56.6 Å². The van der Waals surface area contributed by atoms with Gasteiger partial charge in [-0.1, -0.05) is 0 Å². The van der Waals surface area contributed by atoms with Crippen molar-refractivity contribution in [1.29, 1.82) is 0 Å². The minimum Gasteiger partial charge on any atom is -0.376 e. The van der Waals surface area contributed by atoms with E-state index < -0.39 is 0 Å². The predicted octanol–water partition coefficient (Wildman–Crippen LogP) is 2.52. The molecule has 25 heavy (non-hydrogen) atoms. The summed E-state index contributed by atoms with van der Waals surface area (Å²) in [7, 11) is 0. The summed E-state index contributed by atoms with van der Waals surface area (Å²) in [6.07, 6.45) is 3.55. The molecule has 1 unspecified atom stereocenters. The Labute approximate surface area is 151 Å². The number of amides is 1. The van der Waals surface area contributed by atoms with Crippen LogP contribution in [-0.4, -0.2) is 62.3 Å². The van der Waals surface area contributed by atoms with Gasteiger partial charge in [0.25, 0.3) is 5.91 Å². The number of ether oxygens (including phenoxy) is 1. The summed E-state index contributed by atoms with van der Waals surface area (Å²) in [6.45, 7) is 10.2. The lowest BCUT2D eigenvalue weighted by atomic mass is 10.1. The number of carbonyl (C=O) groups is 1. The first-order chi connectivity index (χ1) is 12.1. The number of benzene rings is 1. The van der Waals surface area contributed by atoms with E-state index in [4.69, 9.17) is 4.74 Å². The maximum Gasteiger partial charge on any atom is 0.251 e. The number of hydrogen-bond acceptors (Lipinski definition) is 4. The van der Waals surface area contributed by atoms with E-state index >= 15 is 0 Å². The van der Waals surface area contributed by atoms with E-state index in [-0.39, 0.29) is 12.0 Å². The second kappa shape index (κ2) is 8.68. The quantitative estimate of drug-likeness (QED) is 0.891. The number of anilines is 1. The van der Waals surface area contributed by atoms with Crippen molar-refractivity contribution in [2.24, 2.45) is 0 Å². The van der Waals surface area contributed by atoms with Crippen molar-refractivity contribution in [3.8, 4) is 0 Å². The summed E-state index contributed by atoms with van der Waals surface area (Å²) in [4.78, 5) is 17.2. The average Bonchev–Trinajstić information content (AvgIpc) is 2.67. The first-order valence-electron chi connectivity index (χ1n) is 9.62. The molecule has 5 nitrogen and oxygen atoms in total. The lowest BCUT2D eigenvalue weighted by Gasteiger charge is -2.38. The first kappa shape index (κ1) is 18.2. The van der Waals surface area contributed by atoms with Crippen molar-refractivity contribution in [3.63, 3.8) is 0 Å². The van der Waals surface area contributed by atoms with Crippen molar-refractivity contribution in [3.05, 3.63) is 29.8 Å². The maximum atomic E-state index is 12.3. The molecule has 1 atom stereocenters. The Morgan fingerprint density at radius 2 is 1.88 bits per heavy atom. The van der Waals surface area contributed by atoms with Crippen LogP contribution in [0.15, 0.2) is 24.3 Å². The Bertz CT molecular complexity index is 545. The maximum absolute atomic E-state index is 12.3. The van der Waals surface area contributed by atoms with Gasteiger partial charge in [0.15, 0.2) is 0 Å². The topological polar surface area (TPSA) is 44.8 Å². The van der Waals surface area contributed by atoms with Gasteiger partial charge >= 0.3 is 0 Å². The van der Waals surface area contributed by atoms with Crippen molar-refractivity contribution in [1.82, 2.24) is 10.2 Å². The highest BCUT2D eigenvalue weighted by molar-refractivity contribution is 5.94. The molecule has 1 aromatic carbocycles. The third kappa shape index (κ3) is 4.95. The zero-order valence-corrected chi connectivity index (χ0v) is 15.5. The van der Waals surface area contributed by atoms with Gasteiger partial charge < -0.3 is 15.0 Å². The molecule has 1 amide bonds. The molecule has 0 aromatic heterocycles. The minimum absolute atomic E-state index is 0.00893. The van der Waals surface area contributed by atoms with E-state index in [9.17, 15) is 4.79 Å². The normalized spacial score (nSPS) is 22.2. The molecule has 1 aromatic rings. The first-order valence-corrected chi connectivity index (χ1v) is 9.62. The highest BCUT2D eigenvalue weighted by Crippen LogP contribution is 2.18. The lowest BCUT2D eigenvalue weighted by molar-refractivity contribution is 0.0169. The summed E-state index contributed by atoms with van der Waals surface area (Å²) in [5.41, 5.74) is 1.93. The van der Waals surface area contributed by atoms with Gasteiger partial charge in [0.1, 0.15) is 0 Å². The van der Waals surface area contributed by atoms with E-state index in [1.807, 2.05) is 12.1 Å². The van der Waals surface area contributed by atoms with E-state index in [1.165, 1.54) is 12.1 Å². The molecule has 138 valence electrons. The monoisotopic (exact) mass is 345 g/mol. The van der Waals surface area contributed by atoms with Crippen molar-refractivity contribution >= 4 is 11.6 Å². The molecule has 2 heterocycles. The molecule has 0 spiro atoms. The molecular formula is C20H31N3O2. The van der Waals surface area contributed by atoms with Crippen LogP contribution in [0.1, 0.15) is 43.5 Å². The Balaban J connectivity index is 1.49. The van der Waals surface area contributed by atoms with Gasteiger partial charge in [0.05, 0.1) is 6.10 Å². The van der Waals surface area contributed by atoms with E-state index in [0.29, 0.717) is 12.6 Å². The number of hydrogen-bond donors (Lipinski definition) is 1.